The van der Waals surface area contributed by atoms with Gasteiger partial charge in [0.25, 0.3) is 5.56 Å². The molecule has 1 N–H and O–H groups in total. The monoisotopic (exact) mass is 443 g/mol. The van der Waals surface area contributed by atoms with Gasteiger partial charge in [0, 0.05) is 18.0 Å². The van der Waals surface area contributed by atoms with Gasteiger partial charge in [0.2, 0.25) is 5.91 Å². The second kappa shape index (κ2) is 9.49. The number of amides is 1. The molecule has 0 saturated carbocycles. The molecule has 0 aliphatic rings. The van der Waals surface area contributed by atoms with Crippen LogP contribution in [0.5, 0.6) is 5.75 Å². The molecule has 0 aliphatic heterocycles. The number of rotatable bonds is 8. The Bertz CT molecular complexity index is 1130. The third-order valence-corrected chi connectivity index (χ3v) is 7.03. The number of hydrogen-bond donors (Lipinski definition) is 1. The van der Waals surface area contributed by atoms with Gasteiger partial charge in [-0.3, -0.25) is 14.2 Å². The number of aryl methyl sites for hydroxylation is 2. The van der Waals surface area contributed by atoms with Crippen LogP contribution in [0.1, 0.15) is 22.9 Å². The van der Waals surface area contributed by atoms with E-state index in [2.05, 4.69) is 11.9 Å². The van der Waals surface area contributed by atoms with Gasteiger partial charge in [-0.05, 0) is 44.0 Å². The van der Waals surface area contributed by atoms with Crippen LogP contribution in [0, 0.1) is 13.8 Å². The summed E-state index contributed by atoms with van der Waals surface area (Å²) in [7, 11) is 1.62. The highest BCUT2D eigenvalue weighted by atomic mass is 32.2. The fourth-order valence-electron chi connectivity index (χ4n) is 2.98. The number of carbonyl (C=O) groups is 1. The van der Waals surface area contributed by atoms with Crippen molar-refractivity contribution in [1.82, 2.24) is 14.9 Å². The highest BCUT2D eigenvalue weighted by molar-refractivity contribution is 8.00. The molecular formula is C22H25N3O3S2. The van der Waals surface area contributed by atoms with Gasteiger partial charge in [0.05, 0.1) is 17.7 Å². The van der Waals surface area contributed by atoms with Crippen LogP contribution in [0.3, 0.4) is 0 Å². The first-order chi connectivity index (χ1) is 14.3. The van der Waals surface area contributed by atoms with Crippen molar-refractivity contribution in [3.63, 3.8) is 0 Å². The van der Waals surface area contributed by atoms with Crippen molar-refractivity contribution in [2.75, 3.05) is 7.11 Å². The number of nitrogens with zero attached hydrogens (tertiary/aromatic N) is 2. The van der Waals surface area contributed by atoms with Crippen LogP contribution in [-0.4, -0.2) is 27.8 Å². The third kappa shape index (κ3) is 4.60. The van der Waals surface area contributed by atoms with E-state index >= 15 is 0 Å². The zero-order valence-corrected chi connectivity index (χ0v) is 19.2. The fraction of sp³-hybridized carbons (Fsp3) is 0.318. The van der Waals surface area contributed by atoms with E-state index in [1.807, 2.05) is 45.0 Å². The van der Waals surface area contributed by atoms with Gasteiger partial charge >= 0.3 is 0 Å². The minimum Gasteiger partial charge on any atom is -0.497 e. The Morgan fingerprint density at radius 2 is 2.07 bits per heavy atom. The minimum atomic E-state index is -0.411. The molecule has 3 rings (SSSR count). The van der Waals surface area contributed by atoms with E-state index in [9.17, 15) is 9.59 Å². The maximum Gasteiger partial charge on any atom is 0.263 e. The van der Waals surface area contributed by atoms with Crippen molar-refractivity contribution < 1.29 is 9.53 Å². The minimum absolute atomic E-state index is 0.0879. The fourth-order valence-corrected chi connectivity index (χ4v) is 4.99. The molecule has 30 heavy (non-hydrogen) atoms. The van der Waals surface area contributed by atoms with Gasteiger partial charge in [-0.15, -0.1) is 17.9 Å². The van der Waals surface area contributed by atoms with Crippen LogP contribution in [-0.2, 0) is 17.9 Å². The van der Waals surface area contributed by atoms with E-state index in [1.54, 1.807) is 17.8 Å². The molecule has 1 amide bonds. The van der Waals surface area contributed by atoms with Crippen LogP contribution in [0.4, 0.5) is 0 Å². The molecule has 0 saturated heterocycles. The maximum atomic E-state index is 13.0. The summed E-state index contributed by atoms with van der Waals surface area (Å²) in [4.78, 5) is 32.2. The van der Waals surface area contributed by atoms with Gasteiger partial charge in [-0.2, -0.15) is 0 Å². The summed E-state index contributed by atoms with van der Waals surface area (Å²) in [6.45, 7) is 10.3. The zero-order chi connectivity index (χ0) is 21.8. The van der Waals surface area contributed by atoms with Gasteiger partial charge in [-0.25, -0.2) is 4.98 Å². The summed E-state index contributed by atoms with van der Waals surface area (Å²) in [5.41, 5.74) is 1.86. The molecule has 0 unspecified atom stereocenters. The molecule has 0 bridgehead atoms. The smallest absolute Gasteiger partial charge is 0.263 e. The first-order valence-electron chi connectivity index (χ1n) is 9.54. The number of aromatic nitrogens is 2. The van der Waals surface area contributed by atoms with E-state index in [0.29, 0.717) is 28.5 Å². The Hall–Kier alpha value is -2.58. The lowest BCUT2D eigenvalue weighted by atomic mass is 10.2. The van der Waals surface area contributed by atoms with E-state index in [-0.39, 0.29) is 11.5 Å². The molecule has 0 fully saturated rings. The Labute approximate surface area is 184 Å². The SMILES string of the molecule is C=CCn1c(S[C@@H](C)C(=O)NCc2ccc(OC)cc2)nc2sc(C)c(C)c2c1=O. The molecular weight excluding hydrogens is 418 g/mol. The van der Waals surface area contributed by atoms with Gasteiger partial charge in [0.1, 0.15) is 10.6 Å². The second-order valence-corrected chi connectivity index (χ2v) is 9.40. The third-order valence-electron chi connectivity index (χ3n) is 4.84. The second-order valence-electron chi connectivity index (χ2n) is 6.89. The van der Waals surface area contributed by atoms with Crippen LogP contribution in [0.15, 0.2) is 46.9 Å². The highest BCUT2D eigenvalue weighted by Crippen LogP contribution is 2.29. The van der Waals surface area contributed by atoms with Crippen LogP contribution >= 0.6 is 23.1 Å². The number of ether oxygens (including phenoxy) is 1. The lowest BCUT2D eigenvalue weighted by Crippen LogP contribution is -2.31. The number of thiophene rings is 1. The van der Waals surface area contributed by atoms with E-state index < -0.39 is 5.25 Å². The van der Waals surface area contributed by atoms with Gasteiger partial charge in [-0.1, -0.05) is 30.0 Å². The average molecular weight is 444 g/mol. The number of fused-ring (bicyclic) bond motifs is 1. The normalized spacial score (nSPS) is 12.0. The number of allylic oxidation sites excluding steroid dienone is 1. The summed E-state index contributed by atoms with van der Waals surface area (Å²) in [6, 6.07) is 7.54. The Morgan fingerprint density at radius 1 is 1.37 bits per heavy atom. The van der Waals surface area contributed by atoms with Crippen LogP contribution in [0.2, 0.25) is 0 Å². The molecule has 158 valence electrons. The average Bonchev–Trinajstić information content (AvgIpc) is 3.02. The number of nitrogens with one attached hydrogen (secondary N) is 1. The lowest BCUT2D eigenvalue weighted by Gasteiger charge is -2.15. The summed E-state index contributed by atoms with van der Waals surface area (Å²) in [5.74, 6) is 0.656. The number of methoxy groups -OCH3 is 1. The standard InChI is InChI=1S/C22H25N3O3S2/c1-6-11-25-21(27)18-13(2)14(3)29-20(18)24-22(25)30-15(4)19(26)23-12-16-7-9-17(28-5)10-8-16/h6-10,15H,1,11-12H2,2-5H3,(H,23,26)/t15-/m0/s1. The Morgan fingerprint density at radius 3 is 2.70 bits per heavy atom. The molecule has 6 nitrogen and oxygen atoms in total. The number of carbonyl (C=O) groups excluding carboxylic acids is 1. The van der Waals surface area contributed by atoms with Gasteiger partial charge in [0.15, 0.2) is 5.16 Å². The van der Waals surface area contributed by atoms with Crippen LogP contribution < -0.4 is 15.6 Å². The molecule has 1 atom stereocenters. The first kappa shape index (κ1) is 22.1. The quantitative estimate of drug-likeness (QED) is 0.323. The predicted octanol–water partition coefficient (Wildman–Crippen LogP) is 4.07. The number of thioether (sulfide) groups is 1. The van der Waals surface area contributed by atoms with Crippen molar-refractivity contribution in [1.29, 1.82) is 0 Å². The molecule has 1 aromatic carbocycles. The number of benzene rings is 1. The lowest BCUT2D eigenvalue weighted by molar-refractivity contribution is -0.120. The number of hydrogen-bond acceptors (Lipinski definition) is 6. The van der Waals surface area contributed by atoms with Crippen molar-refractivity contribution in [2.24, 2.45) is 0 Å². The predicted molar refractivity (Wildman–Crippen MR) is 124 cm³/mol. The molecule has 0 spiro atoms. The molecule has 2 aromatic heterocycles. The van der Waals surface area contributed by atoms with E-state index in [4.69, 9.17) is 9.72 Å². The summed E-state index contributed by atoms with van der Waals surface area (Å²) in [5, 5.41) is 3.71. The van der Waals surface area contributed by atoms with Crippen LogP contribution in [0.25, 0.3) is 10.2 Å². The summed E-state index contributed by atoms with van der Waals surface area (Å²) < 4.78 is 6.74. The summed E-state index contributed by atoms with van der Waals surface area (Å²) >= 11 is 2.79. The van der Waals surface area contributed by atoms with E-state index in [0.717, 1.165) is 21.8 Å². The van der Waals surface area contributed by atoms with Gasteiger partial charge < -0.3 is 10.1 Å². The topological polar surface area (TPSA) is 73.2 Å². The van der Waals surface area contributed by atoms with Crippen molar-refractivity contribution in [3.05, 3.63) is 63.3 Å². The molecule has 2 heterocycles. The molecule has 0 radical (unpaired) electrons. The Kier molecular flexibility index (Phi) is 6.99. The zero-order valence-electron chi connectivity index (χ0n) is 17.5. The van der Waals surface area contributed by atoms with Crippen molar-refractivity contribution in [2.45, 2.75) is 44.3 Å². The van der Waals surface area contributed by atoms with Crippen molar-refractivity contribution >= 4 is 39.2 Å². The molecule has 0 aliphatic carbocycles. The maximum absolute atomic E-state index is 13.0. The molecule has 3 aromatic rings. The highest BCUT2D eigenvalue weighted by Gasteiger charge is 2.21. The Balaban J connectivity index is 1.78. The molecule has 8 heteroatoms. The van der Waals surface area contributed by atoms with E-state index in [1.165, 1.54) is 23.1 Å². The first-order valence-corrected chi connectivity index (χ1v) is 11.2. The largest absolute Gasteiger partial charge is 0.497 e. The van der Waals surface area contributed by atoms with Crippen molar-refractivity contribution in [3.8, 4) is 5.75 Å². The summed E-state index contributed by atoms with van der Waals surface area (Å²) in [6.07, 6.45) is 1.67.